The Labute approximate surface area is 153 Å². The molecular weight excluding hydrogens is 330 g/mol. The first kappa shape index (κ1) is 19.8. The first-order valence-corrected chi connectivity index (χ1v) is 8.83. The second-order valence-corrected chi connectivity index (χ2v) is 6.33. The molecule has 26 heavy (non-hydrogen) atoms. The van der Waals surface area contributed by atoms with Gasteiger partial charge in [0.25, 0.3) is 0 Å². The van der Waals surface area contributed by atoms with Gasteiger partial charge in [-0.3, -0.25) is 9.59 Å². The fourth-order valence-electron chi connectivity index (χ4n) is 3.00. The molecule has 0 saturated heterocycles. The van der Waals surface area contributed by atoms with Crippen LogP contribution >= 0.6 is 0 Å². The highest BCUT2D eigenvalue weighted by Crippen LogP contribution is 2.27. The zero-order valence-corrected chi connectivity index (χ0v) is 14.8. The van der Waals surface area contributed by atoms with Crippen molar-refractivity contribution in [1.82, 2.24) is 5.06 Å². The van der Waals surface area contributed by atoms with Crippen LogP contribution in [0.3, 0.4) is 0 Å². The highest BCUT2D eigenvalue weighted by atomic mass is 16.5. The number of hydroxylamine groups is 2. The van der Waals surface area contributed by atoms with Crippen LogP contribution in [0.2, 0.25) is 0 Å². The summed E-state index contributed by atoms with van der Waals surface area (Å²) >= 11 is 0. The SMILES string of the molecule is O=C(O)CC(=O)CCCN(O)CCC(c1ccccc1)c1ccccc1. The average Bonchev–Trinajstić information content (AvgIpc) is 2.63. The Bertz CT molecular complexity index is 648. The molecule has 0 bridgehead atoms. The molecule has 0 saturated carbocycles. The van der Waals surface area contributed by atoms with Crippen molar-refractivity contribution in [3.05, 3.63) is 71.8 Å². The molecule has 5 heteroatoms. The predicted molar refractivity (Wildman–Crippen MR) is 99.2 cm³/mol. The molecule has 0 fully saturated rings. The molecule has 0 aliphatic rings. The van der Waals surface area contributed by atoms with E-state index in [0.29, 0.717) is 19.5 Å². The Kier molecular flexibility index (Phi) is 7.99. The van der Waals surface area contributed by atoms with Crippen molar-refractivity contribution < 1.29 is 19.9 Å². The van der Waals surface area contributed by atoms with Gasteiger partial charge in [-0.1, -0.05) is 60.7 Å². The van der Waals surface area contributed by atoms with E-state index in [1.165, 1.54) is 16.2 Å². The number of Topliss-reactive ketones (excluding diaryl/α,β-unsaturated/α-hetero) is 1. The maximum atomic E-state index is 11.4. The van der Waals surface area contributed by atoms with Gasteiger partial charge in [0, 0.05) is 25.4 Å². The minimum absolute atomic E-state index is 0.171. The predicted octanol–water partition coefficient (Wildman–Crippen LogP) is 3.72. The van der Waals surface area contributed by atoms with Gasteiger partial charge in [0.1, 0.15) is 12.2 Å². The molecule has 0 heterocycles. The molecule has 0 amide bonds. The lowest BCUT2D eigenvalue weighted by Crippen LogP contribution is -2.24. The third-order valence-electron chi connectivity index (χ3n) is 4.30. The molecule has 5 nitrogen and oxygen atoms in total. The lowest BCUT2D eigenvalue weighted by molar-refractivity contribution is -0.140. The Morgan fingerprint density at radius 1 is 0.885 bits per heavy atom. The summed E-state index contributed by atoms with van der Waals surface area (Å²) < 4.78 is 0. The van der Waals surface area contributed by atoms with Crippen molar-refractivity contribution in [2.45, 2.75) is 31.6 Å². The number of hydrogen-bond donors (Lipinski definition) is 2. The molecule has 138 valence electrons. The minimum atomic E-state index is -1.11. The Balaban J connectivity index is 1.87. The van der Waals surface area contributed by atoms with Crippen LogP contribution in [0.15, 0.2) is 60.7 Å². The van der Waals surface area contributed by atoms with E-state index in [2.05, 4.69) is 24.3 Å². The van der Waals surface area contributed by atoms with Gasteiger partial charge in [-0.2, -0.15) is 5.06 Å². The molecule has 2 aromatic rings. The van der Waals surface area contributed by atoms with Gasteiger partial charge in [0.15, 0.2) is 0 Å². The van der Waals surface area contributed by atoms with Crippen molar-refractivity contribution >= 4 is 11.8 Å². The van der Waals surface area contributed by atoms with Gasteiger partial charge >= 0.3 is 5.97 Å². The van der Waals surface area contributed by atoms with Crippen LogP contribution in [-0.2, 0) is 9.59 Å². The van der Waals surface area contributed by atoms with E-state index in [0.717, 1.165) is 6.42 Å². The summed E-state index contributed by atoms with van der Waals surface area (Å²) in [4.78, 5) is 21.9. The summed E-state index contributed by atoms with van der Waals surface area (Å²) in [6.45, 7) is 0.823. The zero-order chi connectivity index (χ0) is 18.8. The molecule has 0 aromatic heterocycles. The molecule has 2 N–H and O–H groups in total. The highest BCUT2D eigenvalue weighted by Gasteiger charge is 2.15. The maximum absolute atomic E-state index is 11.4. The minimum Gasteiger partial charge on any atom is -0.481 e. The summed E-state index contributed by atoms with van der Waals surface area (Å²) in [6, 6.07) is 20.4. The number of hydrogen-bond acceptors (Lipinski definition) is 4. The first-order chi connectivity index (χ1) is 12.6. The summed E-state index contributed by atoms with van der Waals surface area (Å²) in [6.07, 6.45) is 0.914. The standard InChI is InChI=1S/C21H25NO4/c23-19(16-21(24)25)12-7-14-22(26)15-13-20(17-8-3-1-4-9-17)18-10-5-2-6-11-18/h1-6,8-11,20,26H,7,12-16H2,(H,24,25). The highest BCUT2D eigenvalue weighted by molar-refractivity contribution is 5.94. The monoisotopic (exact) mass is 355 g/mol. The zero-order valence-electron chi connectivity index (χ0n) is 14.8. The van der Waals surface area contributed by atoms with Crippen molar-refractivity contribution in [3.63, 3.8) is 0 Å². The summed E-state index contributed by atoms with van der Waals surface area (Å²) in [5.74, 6) is -1.23. The molecule has 0 aliphatic carbocycles. The summed E-state index contributed by atoms with van der Waals surface area (Å²) in [7, 11) is 0. The van der Waals surface area contributed by atoms with Gasteiger partial charge in [-0.25, -0.2) is 0 Å². The molecule has 0 radical (unpaired) electrons. The number of ketones is 1. The number of rotatable bonds is 11. The second kappa shape index (κ2) is 10.5. The van der Waals surface area contributed by atoms with E-state index in [1.54, 1.807) is 0 Å². The first-order valence-electron chi connectivity index (χ1n) is 8.83. The number of carbonyl (C=O) groups is 2. The molecular formula is C21H25NO4. The van der Waals surface area contributed by atoms with E-state index >= 15 is 0 Å². The van der Waals surface area contributed by atoms with Crippen LogP contribution in [0.1, 0.15) is 42.7 Å². The number of benzene rings is 2. The fourth-order valence-corrected chi connectivity index (χ4v) is 3.00. The molecule has 2 aromatic carbocycles. The van der Waals surface area contributed by atoms with E-state index < -0.39 is 12.4 Å². The third kappa shape index (κ3) is 6.78. The third-order valence-corrected chi connectivity index (χ3v) is 4.30. The molecule has 2 rings (SSSR count). The molecule has 0 aliphatic heterocycles. The van der Waals surface area contributed by atoms with E-state index in [-0.39, 0.29) is 18.1 Å². The Morgan fingerprint density at radius 2 is 1.42 bits per heavy atom. The number of aliphatic carboxylic acids is 1. The number of carboxylic acids is 1. The lowest BCUT2D eigenvalue weighted by atomic mass is 9.88. The van der Waals surface area contributed by atoms with Crippen LogP contribution in [0.4, 0.5) is 0 Å². The Hall–Kier alpha value is -2.50. The van der Waals surface area contributed by atoms with Crippen molar-refractivity contribution in [1.29, 1.82) is 0 Å². The summed E-state index contributed by atoms with van der Waals surface area (Å²) in [5.41, 5.74) is 2.40. The number of carbonyl (C=O) groups excluding carboxylic acids is 1. The molecule has 0 spiro atoms. The van der Waals surface area contributed by atoms with Crippen molar-refractivity contribution in [2.24, 2.45) is 0 Å². The lowest BCUT2D eigenvalue weighted by Gasteiger charge is -2.21. The maximum Gasteiger partial charge on any atom is 0.310 e. The van der Waals surface area contributed by atoms with Crippen molar-refractivity contribution in [3.8, 4) is 0 Å². The van der Waals surface area contributed by atoms with Gasteiger partial charge in [-0.15, -0.1) is 0 Å². The van der Waals surface area contributed by atoms with Crippen molar-refractivity contribution in [2.75, 3.05) is 13.1 Å². The molecule has 0 unspecified atom stereocenters. The van der Waals surface area contributed by atoms with Crippen LogP contribution in [0.25, 0.3) is 0 Å². The topological polar surface area (TPSA) is 77.8 Å². The van der Waals surface area contributed by atoms with E-state index in [9.17, 15) is 14.8 Å². The summed E-state index contributed by atoms with van der Waals surface area (Å²) in [5, 5.41) is 19.9. The van der Waals surface area contributed by atoms with E-state index in [4.69, 9.17) is 5.11 Å². The van der Waals surface area contributed by atoms with Gasteiger partial charge in [-0.05, 0) is 24.0 Å². The van der Waals surface area contributed by atoms with Crippen LogP contribution in [0, 0.1) is 0 Å². The number of carboxylic acid groups (broad SMARTS) is 1. The van der Waals surface area contributed by atoms with Gasteiger partial charge in [0.05, 0.1) is 0 Å². The quantitative estimate of drug-likeness (QED) is 0.474. The smallest absolute Gasteiger partial charge is 0.310 e. The van der Waals surface area contributed by atoms with Crippen LogP contribution in [-0.4, -0.2) is 40.2 Å². The van der Waals surface area contributed by atoms with Crippen LogP contribution in [0.5, 0.6) is 0 Å². The van der Waals surface area contributed by atoms with Crippen LogP contribution < -0.4 is 0 Å². The average molecular weight is 355 g/mol. The molecule has 0 atom stereocenters. The van der Waals surface area contributed by atoms with E-state index in [1.807, 2.05) is 36.4 Å². The Morgan fingerprint density at radius 3 is 1.92 bits per heavy atom. The fraction of sp³-hybridized carbons (Fsp3) is 0.333. The second-order valence-electron chi connectivity index (χ2n) is 6.33. The largest absolute Gasteiger partial charge is 0.481 e. The normalized spacial score (nSPS) is 11.0. The van der Waals surface area contributed by atoms with Gasteiger partial charge < -0.3 is 10.3 Å². The number of nitrogens with zero attached hydrogens (tertiary/aromatic N) is 1. The van der Waals surface area contributed by atoms with Gasteiger partial charge in [0.2, 0.25) is 0 Å².